The second-order valence-corrected chi connectivity index (χ2v) is 5.39. The molecule has 0 spiro atoms. The number of hydrogen-bond acceptors (Lipinski definition) is 6. The summed E-state index contributed by atoms with van der Waals surface area (Å²) in [7, 11) is 0. The highest BCUT2D eigenvalue weighted by Gasteiger charge is 2.19. The lowest BCUT2D eigenvalue weighted by Gasteiger charge is -2.13. The van der Waals surface area contributed by atoms with Gasteiger partial charge < -0.3 is 15.1 Å². The first kappa shape index (κ1) is 15.4. The largest absolute Gasteiger partial charge is 0.411 e. The second kappa shape index (κ2) is 7.68. The average Bonchev–Trinajstić information content (AvgIpc) is 3.16. The monoisotopic (exact) mass is 306 g/mol. The van der Waals surface area contributed by atoms with Gasteiger partial charge in [-0.2, -0.15) is 0 Å². The van der Waals surface area contributed by atoms with Crippen molar-refractivity contribution < 1.29 is 9.21 Å². The number of hydrogen-bond donors (Lipinski definition) is 1. The van der Waals surface area contributed by atoms with E-state index >= 15 is 0 Å². The maximum absolute atomic E-state index is 11.9. The molecule has 0 atom stereocenters. The van der Waals surface area contributed by atoms with Crippen LogP contribution in [0.5, 0.6) is 0 Å². The summed E-state index contributed by atoms with van der Waals surface area (Å²) in [6, 6.07) is 0. The van der Waals surface area contributed by atoms with E-state index in [1.807, 2.05) is 4.90 Å². The quantitative estimate of drug-likeness (QED) is 0.637. The van der Waals surface area contributed by atoms with Crippen molar-refractivity contribution in [1.82, 2.24) is 15.1 Å². The number of likely N-dealkylation sites (tertiary alicyclic amines) is 1. The number of allylic oxidation sites excluding steroid dienone is 4. The highest BCUT2D eigenvalue weighted by Crippen LogP contribution is 2.22. The van der Waals surface area contributed by atoms with Gasteiger partial charge >= 0.3 is 0 Å². The number of amides is 1. The lowest BCUT2D eigenvalue weighted by atomic mass is 10.2. The van der Waals surface area contributed by atoms with Gasteiger partial charge in [-0.15, -0.1) is 10.2 Å². The van der Waals surface area contributed by atoms with E-state index in [4.69, 9.17) is 10.2 Å². The van der Waals surface area contributed by atoms with Gasteiger partial charge in [0.25, 0.3) is 5.22 Å². The molecule has 2 rings (SSSR count). The van der Waals surface area contributed by atoms with E-state index in [1.165, 1.54) is 18.0 Å². The van der Waals surface area contributed by atoms with Crippen molar-refractivity contribution in [3.8, 4) is 0 Å². The lowest BCUT2D eigenvalue weighted by molar-refractivity contribution is -0.127. The number of carbonyl (C=O) groups is 1. The summed E-state index contributed by atoms with van der Waals surface area (Å²) in [5, 5.41) is 8.24. The summed E-state index contributed by atoms with van der Waals surface area (Å²) in [6.07, 6.45) is 8.55. The maximum atomic E-state index is 11.9. The van der Waals surface area contributed by atoms with Crippen LogP contribution in [0, 0.1) is 0 Å². The van der Waals surface area contributed by atoms with Crippen LogP contribution in [0.4, 0.5) is 0 Å². The summed E-state index contributed by atoms with van der Waals surface area (Å²) in [5.74, 6) is 0.781. The SMILES string of the molecule is C=C/C=C(\C=C/N)c1nnc(SCC(=O)N2CCCC2)o1. The summed E-state index contributed by atoms with van der Waals surface area (Å²) >= 11 is 1.25. The van der Waals surface area contributed by atoms with Gasteiger partial charge in [-0.1, -0.05) is 30.5 Å². The Hall–Kier alpha value is -2.02. The van der Waals surface area contributed by atoms with Gasteiger partial charge in [-0.05, 0) is 25.1 Å². The van der Waals surface area contributed by atoms with Crippen LogP contribution < -0.4 is 5.73 Å². The second-order valence-electron chi connectivity index (χ2n) is 4.47. The normalized spacial score (nSPS) is 15.8. The highest BCUT2D eigenvalue weighted by atomic mass is 32.2. The van der Waals surface area contributed by atoms with Gasteiger partial charge in [-0.3, -0.25) is 4.79 Å². The summed E-state index contributed by atoms with van der Waals surface area (Å²) in [6.45, 7) is 5.32. The Balaban J connectivity index is 1.94. The topological polar surface area (TPSA) is 85.2 Å². The van der Waals surface area contributed by atoms with Crippen molar-refractivity contribution >= 4 is 23.2 Å². The molecule has 2 N–H and O–H groups in total. The standard InChI is InChI=1S/C14H18N4O2S/c1-2-5-11(6-7-15)13-16-17-14(20-13)21-10-12(19)18-8-3-4-9-18/h2,5-7H,1,3-4,8-10,15H2/b7-6-,11-5+. The number of aromatic nitrogens is 2. The Kier molecular flexibility index (Phi) is 5.62. The van der Waals surface area contributed by atoms with Crippen molar-refractivity contribution in [3.05, 3.63) is 36.9 Å². The van der Waals surface area contributed by atoms with E-state index in [0.717, 1.165) is 25.9 Å². The maximum Gasteiger partial charge on any atom is 0.277 e. The van der Waals surface area contributed by atoms with Crippen molar-refractivity contribution in [3.63, 3.8) is 0 Å². The van der Waals surface area contributed by atoms with Gasteiger partial charge in [0.05, 0.1) is 5.75 Å². The minimum absolute atomic E-state index is 0.112. The highest BCUT2D eigenvalue weighted by molar-refractivity contribution is 7.99. The zero-order valence-electron chi connectivity index (χ0n) is 11.7. The molecule has 6 nitrogen and oxygen atoms in total. The molecule has 1 fully saturated rings. The third-order valence-electron chi connectivity index (χ3n) is 3.00. The minimum atomic E-state index is 0.112. The molecule has 1 aromatic heterocycles. The average molecular weight is 306 g/mol. The molecule has 0 radical (unpaired) electrons. The van der Waals surface area contributed by atoms with E-state index in [9.17, 15) is 4.79 Å². The van der Waals surface area contributed by atoms with Gasteiger partial charge in [-0.25, -0.2) is 0 Å². The summed E-state index contributed by atoms with van der Waals surface area (Å²) in [4.78, 5) is 13.8. The molecular weight excluding hydrogens is 288 g/mol. The van der Waals surface area contributed by atoms with Crippen LogP contribution in [0.3, 0.4) is 0 Å². The third-order valence-corrected chi connectivity index (χ3v) is 3.81. The van der Waals surface area contributed by atoms with Crippen molar-refractivity contribution in [2.24, 2.45) is 5.73 Å². The number of rotatable bonds is 6. The van der Waals surface area contributed by atoms with E-state index in [-0.39, 0.29) is 5.91 Å². The fourth-order valence-corrected chi connectivity index (χ4v) is 2.66. The number of carbonyl (C=O) groups excluding carboxylic acids is 1. The molecule has 1 saturated heterocycles. The molecule has 0 aliphatic carbocycles. The fourth-order valence-electron chi connectivity index (χ4n) is 1.99. The number of nitrogens with two attached hydrogens (primary N) is 1. The Morgan fingerprint density at radius 2 is 2.19 bits per heavy atom. The predicted molar refractivity (Wildman–Crippen MR) is 82.3 cm³/mol. The molecule has 1 aromatic rings. The molecule has 1 amide bonds. The third kappa shape index (κ3) is 4.22. The smallest absolute Gasteiger partial charge is 0.277 e. The molecule has 2 heterocycles. The molecule has 0 bridgehead atoms. The predicted octanol–water partition coefficient (Wildman–Crippen LogP) is 1.83. The zero-order chi connectivity index (χ0) is 15.1. The van der Waals surface area contributed by atoms with Crippen LogP contribution in [0.15, 0.2) is 40.6 Å². The molecule has 1 aliphatic heterocycles. The molecule has 7 heteroatoms. The Labute approximate surface area is 127 Å². The van der Waals surface area contributed by atoms with Crippen molar-refractivity contribution in [2.45, 2.75) is 18.1 Å². The molecule has 0 unspecified atom stereocenters. The summed E-state index contributed by atoms with van der Waals surface area (Å²) in [5.41, 5.74) is 6.05. The van der Waals surface area contributed by atoms with E-state index < -0.39 is 0 Å². The first-order valence-corrected chi connectivity index (χ1v) is 7.68. The molecule has 0 saturated carbocycles. The van der Waals surface area contributed by atoms with Gasteiger partial charge in [0.1, 0.15) is 0 Å². The Morgan fingerprint density at radius 3 is 2.86 bits per heavy atom. The molecule has 1 aliphatic rings. The van der Waals surface area contributed by atoms with Crippen LogP contribution in [0.1, 0.15) is 18.7 Å². The molecular formula is C14H18N4O2S. The summed E-state index contributed by atoms with van der Waals surface area (Å²) < 4.78 is 5.51. The van der Waals surface area contributed by atoms with Gasteiger partial charge in [0, 0.05) is 18.7 Å². The van der Waals surface area contributed by atoms with E-state index in [1.54, 1.807) is 18.2 Å². The minimum Gasteiger partial charge on any atom is -0.411 e. The lowest BCUT2D eigenvalue weighted by Crippen LogP contribution is -2.29. The van der Waals surface area contributed by atoms with Crippen LogP contribution in [-0.4, -0.2) is 39.8 Å². The van der Waals surface area contributed by atoms with Gasteiger partial charge in [0.2, 0.25) is 11.8 Å². The van der Waals surface area contributed by atoms with E-state index in [0.29, 0.717) is 22.4 Å². The Bertz CT molecular complexity index is 559. The van der Waals surface area contributed by atoms with Crippen LogP contribution >= 0.6 is 11.8 Å². The molecule has 0 aromatic carbocycles. The fraction of sp³-hybridized carbons (Fsp3) is 0.357. The first-order chi connectivity index (χ1) is 10.2. The zero-order valence-corrected chi connectivity index (χ0v) is 12.5. The number of thioether (sulfide) groups is 1. The Morgan fingerprint density at radius 1 is 1.43 bits per heavy atom. The van der Waals surface area contributed by atoms with Crippen LogP contribution in [0.25, 0.3) is 5.57 Å². The van der Waals surface area contributed by atoms with E-state index in [2.05, 4.69) is 16.8 Å². The van der Waals surface area contributed by atoms with Crippen molar-refractivity contribution in [1.29, 1.82) is 0 Å². The van der Waals surface area contributed by atoms with Crippen LogP contribution in [-0.2, 0) is 4.79 Å². The van der Waals surface area contributed by atoms with Crippen molar-refractivity contribution in [2.75, 3.05) is 18.8 Å². The molecule has 21 heavy (non-hydrogen) atoms. The van der Waals surface area contributed by atoms with Crippen LogP contribution in [0.2, 0.25) is 0 Å². The number of nitrogens with zero attached hydrogens (tertiary/aromatic N) is 3. The molecule has 112 valence electrons. The van der Waals surface area contributed by atoms with Gasteiger partial charge in [0.15, 0.2) is 0 Å². The first-order valence-electron chi connectivity index (χ1n) is 6.70.